The van der Waals surface area contributed by atoms with E-state index in [0.717, 1.165) is 31.9 Å². The van der Waals surface area contributed by atoms with Gasteiger partial charge in [0.15, 0.2) is 0 Å². The normalized spacial score (nSPS) is 11.8. The standard InChI is InChI=1S/C22H29BrN2O4S/c1-16-14-17(10-11-19(16)23)25(30(5,27)28)15-21(26)24-12-13-29-20-9-7-6-8-18(20)22(2,3)4/h6-11,14H,12-13,15H2,1-5H3,(H,24,26). The molecule has 0 saturated carbocycles. The number of hydrogen-bond donors (Lipinski definition) is 1. The number of carbonyl (C=O) groups excluding carboxylic acids is 1. The van der Waals surface area contributed by atoms with Crippen molar-refractivity contribution in [2.24, 2.45) is 0 Å². The first-order valence-electron chi connectivity index (χ1n) is 9.62. The van der Waals surface area contributed by atoms with Gasteiger partial charge < -0.3 is 10.1 Å². The molecule has 2 rings (SSSR count). The van der Waals surface area contributed by atoms with Crippen LogP contribution in [-0.2, 0) is 20.2 Å². The highest BCUT2D eigenvalue weighted by atomic mass is 79.9. The van der Waals surface area contributed by atoms with Crippen molar-refractivity contribution in [1.29, 1.82) is 0 Å². The lowest BCUT2D eigenvalue weighted by atomic mass is 9.86. The first kappa shape index (κ1) is 24.2. The SMILES string of the molecule is Cc1cc(N(CC(=O)NCCOc2ccccc2C(C)(C)C)S(C)(=O)=O)ccc1Br. The molecule has 0 heterocycles. The zero-order valence-corrected chi connectivity index (χ0v) is 20.4. The van der Waals surface area contributed by atoms with Crippen molar-refractivity contribution >= 4 is 37.5 Å². The van der Waals surface area contributed by atoms with Crippen LogP contribution in [-0.4, -0.2) is 40.3 Å². The topological polar surface area (TPSA) is 75.7 Å². The van der Waals surface area contributed by atoms with Crippen molar-refractivity contribution in [3.8, 4) is 5.75 Å². The fraction of sp³-hybridized carbons (Fsp3) is 0.409. The molecule has 0 aliphatic carbocycles. The van der Waals surface area contributed by atoms with Crippen LogP contribution in [0, 0.1) is 6.92 Å². The van der Waals surface area contributed by atoms with Crippen molar-refractivity contribution in [2.45, 2.75) is 33.1 Å². The van der Waals surface area contributed by atoms with Crippen LogP contribution in [0.3, 0.4) is 0 Å². The van der Waals surface area contributed by atoms with Gasteiger partial charge in [0.2, 0.25) is 15.9 Å². The van der Waals surface area contributed by atoms with Crippen LogP contribution in [0.25, 0.3) is 0 Å². The molecular formula is C22H29BrN2O4S. The van der Waals surface area contributed by atoms with Crippen LogP contribution in [0.2, 0.25) is 0 Å². The van der Waals surface area contributed by atoms with Gasteiger partial charge in [-0.05, 0) is 47.7 Å². The number of ether oxygens (including phenoxy) is 1. The van der Waals surface area contributed by atoms with E-state index in [1.165, 1.54) is 0 Å². The largest absolute Gasteiger partial charge is 0.491 e. The van der Waals surface area contributed by atoms with E-state index in [1.807, 2.05) is 31.2 Å². The molecule has 0 spiro atoms. The van der Waals surface area contributed by atoms with Gasteiger partial charge in [0.05, 0.1) is 18.5 Å². The van der Waals surface area contributed by atoms with Crippen molar-refractivity contribution in [3.63, 3.8) is 0 Å². The smallest absolute Gasteiger partial charge is 0.240 e. The summed E-state index contributed by atoms with van der Waals surface area (Å²) in [6, 6.07) is 13.0. The zero-order valence-electron chi connectivity index (χ0n) is 18.0. The zero-order chi connectivity index (χ0) is 22.5. The summed E-state index contributed by atoms with van der Waals surface area (Å²) in [7, 11) is -3.61. The maximum Gasteiger partial charge on any atom is 0.240 e. The monoisotopic (exact) mass is 496 g/mol. The summed E-state index contributed by atoms with van der Waals surface area (Å²) in [6.45, 7) is 8.46. The average molecular weight is 497 g/mol. The molecule has 2 aromatic rings. The van der Waals surface area contributed by atoms with Gasteiger partial charge in [0.1, 0.15) is 18.9 Å². The summed E-state index contributed by atoms with van der Waals surface area (Å²) >= 11 is 3.40. The molecule has 0 saturated heterocycles. The fourth-order valence-corrected chi connectivity index (χ4v) is 4.03. The Hall–Kier alpha value is -2.06. The van der Waals surface area contributed by atoms with E-state index < -0.39 is 15.9 Å². The van der Waals surface area contributed by atoms with Crippen LogP contribution in [0.15, 0.2) is 46.9 Å². The van der Waals surface area contributed by atoms with E-state index in [4.69, 9.17) is 4.74 Å². The number of amides is 1. The lowest BCUT2D eigenvalue weighted by Crippen LogP contribution is -2.41. The number of carbonyl (C=O) groups is 1. The quantitative estimate of drug-likeness (QED) is 0.560. The van der Waals surface area contributed by atoms with E-state index in [-0.39, 0.29) is 25.1 Å². The van der Waals surface area contributed by atoms with Crippen molar-refractivity contribution < 1.29 is 17.9 Å². The second-order valence-corrected chi connectivity index (χ2v) is 10.9. The predicted octanol–water partition coefficient (Wildman–Crippen LogP) is 4.02. The van der Waals surface area contributed by atoms with Crippen molar-refractivity contribution in [3.05, 3.63) is 58.1 Å². The van der Waals surface area contributed by atoms with E-state index in [1.54, 1.807) is 18.2 Å². The first-order valence-corrected chi connectivity index (χ1v) is 12.3. The minimum atomic E-state index is -3.61. The number of para-hydroxylation sites is 1. The van der Waals surface area contributed by atoms with Gasteiger partial charge in [-0.3, -0.25) is 9.10 Å². The van der Waals surface area contributed by atoms with Gasteiger partial charge in [0.25, 0.3) is 0 Å². The summed E-state index contributed by atoms with van der Waals surface area (Å²) in [5.74, 6) is 0.385. The maximum absolute atomic E-state index is 12.4. The number of halogens is 1. The highest BCUT2D eigenvalue weighted by Gasteiger charge is 2.21. The number of aryl methyl sites for hydroxylation is 1. The molecule has 8 heteroatoms. The number of rotatable bonds is 8. The molecule has 0 radical (unpaired) electrons. The Kier molecular flexibility index (Phi) is 7.93. The maximum atomic E-state index is 12.4. The second kappa shape index (κ2) is 9.83. The fourth-order valence-electron chi connectivity index (χ4n) is 2.93. The number of anilines is 1. The molecule has 0 aliphatic rings. The molecule has 0 unspecified atom stereocenters. The third kappa shape index (κ3) is 6.74. The van der Waals surface area contributed by atoms with Crippen LogP contribution in [0.4, 0.5) is 5.69 Å². The molecule has 1 amide bonds. The Bertz CT molecular complexity index is 1000. The lowest BCUT2D eigenvalue weighted by molar-refractivity contribution is -0.119. The highest BCUT2D eigenvalue weighted by molar-refractivity contribution is 9.10. The lowest BCUT2D eigenvalue weighted by Gasteiger charge is -2.23. The van der Waals surface area contributed by atoms with Crippen LogP contribution < -0.4 is 14.4 Å². The number of hydrogen-bond acceptors (Lipinski definition) is 4. The molecule has 0 atom stereocenters. The number of nitrogens with one attached hydrogen (secondary N) is 1. The molecule has 1 N–H and O–H groups in total. The minimum Gasteiger partial charge on any atom is -0.491 e. The van der Waals surface area contributed by atoms with Crippen LogP contribution in [0.5, 0.6) is 5.75 Å². The Morgan fingerprint density at radius 3 is 2.43 bits per heavy atom. The van der Waals surface area contributed by atoms with E-state index in [0.29, 0.717) is 5.69 Å². The second-order valence-electron chi connectivity index (χ2n) is 8.15. The molecule has 6 nitrogen and oxygen atoms in total. The summed E-state index contributed by atoms with van der Waals surface area (Å²) in [5.41, 5.74) is 2.36. The Morgan fingerprint density at radius 2 is 1.83 bits per heavy atom. The number of nitrogens with zero attached hydrogens (tertiary/aromatic N) is 1. The average Bonchev–Trinajstić information content (AvgIpc) is 2.64. The van der Waals surface area contributed by atoms with Gasteiger partial charge in [-0.15, -0.1) is 0 Å². The summed E-state index contributed by atoms with van der Waals surface area (Å²) in [4.78, 5) is 12.4. The number of benzene rings is 2. The van der Waals surface area contributed by atoms with Crippen LogP contribution in [0.1, 0.15) is 31.9 Å². The Balaban J connectivity index is 1.97. The predicted molar refractivity (Wildman–Crippen MR) is 125 cm³/mol. The summed E-state index contributed by atoms with van der Waals surface area (Å²) in [5, 5.41) is 2.73. The van der Waals surface area contributed by atoms with Gasteiger partial charge in [-0.2, -0.15) is 0 Å². The highest BCUT2D eigenvalue weighted by Crippen LogP contribution is 2.30. The third-order valence-electron chi connectivity index (χ3n) is 4.49. The van der Waals surface area contributed by atoms with E-state index in [2.05, 4.69) is 42.0 Å². The Labute approximate surface area is 187 Å². The van der Waals surface area contributed by atoms with Crippen molar-refractivity contribution in [1.82, 2.24) is 5.32 Å². The van der Waals surface area contributed by atoms with Gasteiger partial charge in [-0.25, -0.2) is 8.42 Å². The van der Waals surface area contributed by atoms with E-state index in [9.17, 15) is 13.2 Å². The minimum absolute atomic E-state index is 0.0569. The first-order chi connectivity index (χ1) is 13.9. The molecule has 0 fully saturated rings. The van der Waals surface area contributed by atoms with Crippen molar-refractivity contribution in [2.75, 3.05) is 30.3 Å². The molecule has 0 aliphatic heterocycles. The Morgan fingerprint density at radius 1 is 1.17 bits per heavy atom. The summed E-state index contributed by atoms with van der Waals surface area (Å²) in [6.07, 6.45) is 1.09. The van der Waals surface area contributed by atoms with Gasteiger partial charge in [-0.1, -0.05) is 54.9 Å². The molecule has 0 bridgehead atoms. The number of sulfonamides is 1. The molecular weight excluding hydrogens is 468 g/mol. The molecule has 2 aromatic carbocycles. The van der Waals surface area contributed by atoms with Gasteiger partial charge in [0, 0.05) is 4.47 Å². The van der Waals surface area contributed by atoms with Gasteiger partial charge >= 0.3 is 0 Å². The summed E-state index contributed by atoms with van der Waals surface area (Å²) < 4.78 is 32.3. The van der Waals surface area contributed by atoms with E-state index >= 15 is 0 Å². The molecule has 0 aromatic heterocycles. The third-order valence-corrected chi connectivity index (χ3v) is 6.52. The molecule has 30 heavy (non-hydrogen) atoms. The molecule has 164 valence electrons. The van der Waals surface area contributed by atoms with Crippen LogP contribution >= 0.6 is 15.9 Å².